The van der Waals surface area contributed by atoms with Gasteiger partial charge < -0.3 is 9.47 Å². The molecule has 0 spiro atoms. The Morgan fingerprint density at radius 2 is 1.78 bits per heavy atom. The lowest BCUT2D eigenvalue weighted by atomic mass is 9.87. The molecule has 1 unspecified atom stereocenters. The van der Waals surface area contributed by atoms with E-state index < -0.39 is 11.7 Å². The predicted molar refractivity (Wildman–Crippen MR) is 164 cm³/mol. The Balaban J connectivity index is 1.43. The molecule has 1 atom stereocenters. The van der Waals surface area contributed by atoms with Crippen molar-refractivity contribution in [3.05, 3.63) is 95.1 Å². The lowest BCUT2D eigenvalue weighted by molar-refractivity contribution is 0.0636. The van der Waals surface area contributed by atoms with Crippen molar-refractivity contribution in [2.45, 2.75) is 64.6 Å². The number of rotatable bonds is 8. The normalized spacial score (nSPS) is 17.6. The summed E-state index contributed by atoms with van der Waals surface area (Å²) in [5.41, 5.74) is 7.49. The van der Waals surface area contributed by atoms with Gasteiger partial charge >= 0.3 is 6.09 Å². The highest BCUT2D eigenvalue weighted by molar-refractivity contribution is 6.00. The summed E-state index contributed by atoms with van der Waals surface area (Å²) in [6.07, 6.45) is 4.12. The van der Waals surface area contributed by atoms with E-state index in [9.17, 15) is 9.18 Å². The van der Waals surface area contributed by atoms with Gasteiger partial charge in [0.05, 0.1) is 6.67 Å². The van der Waals surface area contributed by atoms with Crippen molar-refractivity contribution in [2.24, 2.45) is 0 Å². The maximum atomic E-state index is 12.6. The van der Waals surface area contributed by atoms with E-state index in [0.29, 0.717) is 6.42 Å². The van der Waals surface area contributed by atoms with Gasteiger partial charge in [-0.3, -0.25) is 14.6 Å². The van der Waals surface area contributed by atoms with Crippen LogP contribution in [0, 0.1) is 0 Å². The van der Waals surface area contributed by atoms with Crippen molar-refractivity contribution >= 4 is 22.9 Å². The molecule has 1 aliphatic heterocycles. The molecule has 1 aliphatic carbocycles. The SMILES string of the molecule is CC(C)(C)OC(=O)Nc1ccc2c(c1)CCCC(c1ccccc1)=C2c1ccc(OC2CCN(CCCF)C2)cc1. The molecule has 1 saturated heterocycles. The third-order valence-corrected chi connectivity index (χ3v) is 7.60. The van der Waals surface area contributed by atoms with Crippen LogP contribution < -0.4 is 10.1 Å². The number of anilines is 1. The third-order valence-electron chi connectivity index (χ3n) is 7.60. The molecule has 6 heteroatoms. The average Bonchev–Trinajstić information content (AvgIpc) is 3.30. The zero-order chi connectivity index (χ0) is 28.8. The highest BCUT2D eigenvalue weighted by Crippen LogP contribution is 2.41. The number of halogens is 1. The first kappa shape index (κ1) is 28.9. The fraction of sp³-hybridized carbons (Fsp3) is 0.400. The summed E-state index contributed by atoms with van der Waals surface area (Å²) in [6.45, 7) is 7.91. The van der Waals surface area contributed by atoms with Crippen molar-refractivity contribution in [1.82, 2.24) is 4.90 Å². The minimum absolute atomic E-state index is 0.133. The molecule has 1 fully saturated rings. The summed E-state index contributed by atoms with van der Waals surface area (Å²) in [5, 5.41) is 2.91. The van der Waals surface area contributed by atoms with Crippen molar-refractivity contribution < 1.29 is 18.7 Å². The fourth-order valence-electron chi connectivity index (χ4n) is 5.82. The Labute approximate surface area is 243 Å². The number of nitrogens with zero attached hydrogens (tertiary/aromatic N) is 1. The smallest absolute Gasteiger partial charge is 0.412 e. The molecule has 0 saturated carbocycles. The van der Waals surface area contributed by atoms with Crippen molar-refractivity contribution in [2.75, 3.05) is 31.6 Å². The summed E-state index contributed by atoms with van der Waals surface area (Å²) >= 11 is 0. The minimum atomic E-state index is -0.557. The van der Waals surface area contributed by atoms with Gasteiger partial charge in [-0.1, -0.05) is 48.5 Å². The molecular weight excluding hydrogens is 515 g/mol. The van der Waals surface area contributed by atoms with Crippen molar-refractivity contribution in [1.29, 1.82) is 0 Å². The van der Waals surface area contributed by atoms with Crippen LogP contribution in [0.5, 0.6) is 5.75 Å². The molecule has 0 bridgehead atoms. The summed E-state index contributed by atoms with van der Waals surface area (Å²) in [4.78, 5) is 14.7. The molecule has 0 radical (unpaired) electrons. The number of allylic oxidation sites excluding steroid dienone is 1. The number of carbonyl (C=O) groups excluding carboxylic acids is 1. The van der Waals surface area contributed by atoms with Gasteiger partial charge in [-0.2, -0.15) is 0 Å². The Morgan fingerprint density at radius 3 is 2.51 bits per heavy atom. The van der Waals surface area contributed by atoms with E-state index >= 15 is 0 Å². The molecule has 41 heavy (non-hydrogen) atoms. The van der Waals surface area contributed by atoms with Gasteiger partial charge in [0, 0.05) is 25.3 Å². The Morgan fingerprint density at radius 1 is 1.00 bits per heavy atom. The van der Waals surface area contributed by atoms with Crippen LogP contribution >= 0.6 is 0 Å². The molecule has 216 valence electrons. The number of alkyl halides is 1. The lowest BCUT2D eigenvalue weighted by Crippen LogP contribution is -2.27. The first-order valence-electron chi connectivity index (χ1n) is 14.8. The molecular formula is C35H41FN2O3. The molecule has 3 aromatic rings. The maximum absolute atomic E-state index is 12.6. The summed E-state index contributed by atoms with van der Waals surface area (Å²) < 4.78 is 24.4. The molecule has 0 aromatic heterocycles. The largest absolute Gasteiger partial charge is 0.489 e. The molecule has 5 nitrogen and oxygen atoms in total. The van der Waals surface area contributed by atoms with Crippen LogP contribution in [-0.4, -0.2) is 49.0 Å². The van der Waals surface area contributed by atoms with Gasteiger partial charge in [0.15, 0.2) is 0 Å². The first-order valence-corrected chi connectivity index (χ1v) is 14.8. The van der Waals surface area contributed by atoms with E-state index in [1.54, 1.807) is 0 Å². The quantitative estimate of drug-likeness (QED) is 0.304. The third kappa shape index (κ3) is 7.56. The molecule has 1 N–H and O–H groups in total. The predicted octanol–water partition coefficient (Wildman–Crippen LogP) is 8.14. The summed E-state index contributed by atoms with van der Waals surface area (Å²) in [5.74, 6) is 0.860. The second-order valence-electron chi connectivity index (χ2n) is 12.0. The van der Waals surface area contributed by atoms with Crippen LogP contribution in [0.1, 0.15) is 68.7 Å². The number of hydrogen-bond acceptors (Lipinski definition) is 4. The van der Waals surface area contributed by atoms with E-state index in [1.807, 2.05) is 26.8 Å². The van der Waals surface area contributed by atoms with E-state index in [-0.39, 0.29) is 12.8 Å². The van der Waals surface area contributed by atoms with Gasteiger partial charge in [0.2, 0.25) is 0 Å². The zero-order valence-electron chi connectivity index (χ0n) is 24.4. The van der Waals surface area contributed by atoms with E-state index in [4.69, 9.17) is 9.47 Å². The Hall–Kier alpha value is -3.64. The van der Waals surface area contributed by atoms with Crippen LogP contribution in [0.4, 0.5) is 14.9 Å². The number of ether oxygens (including phenoxy) is 2. The summed E-state index contributed by atoms with van der Waals surface area (Å²) in [6, 6.07) is 25.2. The van der Waals surface area contributed by atoms with E-state index in [0.717, 1.165) is 62.3 Å². The zero-order valence-corrected chi connectivity index (χ0v) is 24.4. The number of likely N-dealkylation sites (tertiary alicyclic amines) is 1. The molecule has 2 aliphatic rings. The van der Waals surface area contributed by atoms with Crippen molar-refractivity contribution in [3.8, 4) is 5.75 Å². The van der Waals surface area contributed by atoms with Gasteiger partial charge in [-0.05, 0) is 111 Å². The highest BCUT2D eigenvalue weighted by Gasteiger charge is 2.25. The number of fused-ring (bicyclic) bond motifs is 1. The van der Waals surface area contributed by atoms with Gasteiger partial charge in [-0.15, -0.1) is 0 Å². The number of hydrogen-bond donors (Lipinski definition) is 1. The Bertz CT molecular complexity index is 1360. The number of benzene rings is 3. The first-order chi connectivity index (χ1) is 19.8. The van der Waals surface area contributed by atoms with Crippen LogP contribution in [0.3, 0.4) is 0 Å². The topological polar surface area (TPSA) is 50.8 Å². The monoisotopic (exact) mass is 556 g/mol. The second-order valence-corrected chi connectivity index (χ2v) is 12.0. The second kappa shape index (κ2) is 12.9. The Kier molecular flexibility index (Phi) is 9.09. The molecule has 1 amide bonds. The maximum Gasteiger partial charge on any atom is 0.412 e. The summed E-state index contributed by atoms with van der Waals surface area (Å²) in [7, 11) is 0. The number of carbonyl (C=O) groups is 1. The highest BCUT2D eigenvalue weighted by atomic mass is 19.1. The fourth-order valence-corrected chi connectivity index (χ4v) is 5.82. The van der Waals surface area contributed by atoms with Gasteiger partial charge in [-0.25, -0.2) is 4.79 Å². The van der Waals surface area contributed by atoms with Crippen LogP contribution in [0.2, 0.25) is 0 Å². The molecule has 1 heterocycles. The van der Waals surface area contributed by atoms with E-state index in [1.165, 1.54) is 27.8 Å². The minimum Gasteiger partial charge on any atom is -0.489 e. The number of amides is 1. The van der Waals surface area contributed by atoms with Gasteiger partial charge in [0.1, 0.15) is 17.5 Å². The van der Waals surface area contributed by atoms with Crippen LogP contribution in [-0.2, 0) is 11.2 Å². The molecule has 3 aromatic carbocycles. The number of aryl methyl sites for hydroxylation is 1. The lowest BCUT2D eigenvalue weighted by Gasteiger charge is -2.21. The van der Waals surface area contributed by atoms with Gasteiger partial charge in [0.25, 0.3) is 0 Å². The van der Waals surface area contributed by atoms with Crippen LogP contribution in [0.25, 0.3) is 11.1 Å². The molecule has 5 rings (SSSR count). The van der Waals surface area contributed by atoms with Crippen molar-refractivity contribution in [3.63, 3.8) is 0 Å². The average molecular weight is 557 g/mol. The number of nitrogens with one attached hydrogen (secondary N) is 1. The van der Waals surface area contributed by atoms with E-state index in [2.05, 4.69) is 76.9 Å². The van der Waals surface area contributed by atoms with Crippen LogP contribution in [0.15, 0.2) is 72.8 Å². The standard InChI is InChI=1S/C35H41FN2O3/c1-35(2,3)41-34(39)37-28-15-18-32-27(23-28)11-7-12-31(25-9-5-4-6-10-25)33(32)26-13-16-29(17-14-26)40-30-19-22-38(24-30)21-8-20-36/h4-6,9-10,13-18,23,30H,7-8,11-12,19-22,24H2,1-3H3,(H,37,39).